The summed E-state index contributed by atoms with van der Waals surface area (Å²) in [5.41, 5.74) is 1.78. The van der Waals surface area contributed by atoms with E-state index in [0.29, 0.717) is 11.5 Å². The molecule has 0 radical (unpaired) electrons. The highest BCUT2D eigenvalue weighted by Gasteiger charge is 2.25. The third-order valence-corrected chi connectivity index (χ3v) is 4.77. The molecule has 1 saturated heterocycles. The third-order valence-electron chi connectivity index (χ3n) is 4.77. The first-order valence-corrected chi connectivity index (χ1v) is 8.74. The smallest absolute Gasteiger partial charge is 0.254 e. The number of rotatable bonds is 5. The fourth-order valence-electron chi connectivity index (χ4n) is 3.30. The molecule has 2 aromatic carbocycles. The Balaban J connectivity index is 1.62. The predicted molar refractivity (Wildman–Crippen MR) is 98.0 cm³/mol. The van der Waals surface area contributed by atoms with Crippen LogP contribution in [-0.2, 0) is 6.54 Å². The van der Waals surface area contributed by atoms with E-state index in [1.165, 1.54) is 19.1 Å². The number of quaternary nitrogens is 1. The maximum Gasteiger partial charge on any atom is 0.254 e. The van der Waals surface area contributed by atoms with Gasteiger partial charge in [-0.3, -0.25) is 4.79 Å². The Bertz CT molecular complexity index is 731. The molecule has 6 nitrogen and oxygen atoms in total. The molecule has 0 aromatic heterocycles. The standard InChI is InChI=1S/C20H24N2O4/c1-25-17-12-15(13-18(26-2)19(17)23)14-21-8-10-22(11-9-21)20(24)16-6-4-3-5-7-16/h3-7,12-13,23H,8-11,14H2,1-2H3/p+1. The van der Waals surface area contributed by atoms with Crippen LogP contribution in [0.2, 0.25) is 0 Å². The fourth-order valence-corrected chi connectivity index (χ4v) is 3.30. The zero-order chi connectivity index (χ0) is 18.5. The molecule has 0 bridgehead atoms. The minimum atomic E-state index is 0.0204. The van der Waals surface area contributed by atoms with Gasteiger partial charge >= 0.3 is 0 Å². The third kappa shape index (κ3) is 3.91. The quantitative estimate of drug-likeness (QED) is 0.836. The SMILES string of the molecule is COc1cc(C[NH+]2CCN(C(=O)c3ccccc3)CC2)cc(OC)c1O. The average Bonchev–Trinajstić information content (AvgIpc) is 2.69. The van der Waals surface area contributed by atoms with E-state index in [1.807, 2.05) is 47.4 Å². The van der Waals surface area contributed by atoms with Crippen molar-refractivity contribution in [3.8, 4) is 17.2 Å². The highest BCUT2D eigenvalue weighted by molar-refractivity contribution is 5.94. The van der Waals surface area contributed by atoms with Gasteiger partial charge < -0.3 is 24.4 Å². The van der Waals surface area contributed by atoms with Crippen molar-refractivity contribution in [2.45, 2.75) is 6.54 Å². The molecule has 6 heteroatoms. The zero-order valence-electron chi connectivity index (χ0n) is 15.2. The highest BCUT2D eigenvalue weighted by Crippen LogP contribution is 2.36. The van der Waals surface area contributed by atoms with Crippen LogP contribution < -0.4 is 14.4 Å². The van der Waals surface area contributed by atoms with E-state index < -0.39 is 0 Å². The number of aromatic hydroxyl groups is 1. The molecule has 1 amide bonds. The second kappa shape index (κ2) is 8.10. The lowest BCUT2D eigenvalue weighted by Crippen LogP contribution is -3.13. The molecule has 3 rings (SSSR count). The van der Waals surface area contributed by atoms with Gasteiger partial charge in [-0.2, -0.15) is 0 Å². The number of amides is 1. The van der Waals surface area contributed by atoms with Crippen molar-refractivity contribution in [1.82, 2.24) is 4.90 Å². The summed E-state index contributed by atoms with van der Waals surface area (Å²) in [6.45, 7) is 4.01. The molecule has 0 saturated carbocycles. The predicted octanol–water partition coefficient (Wildman–Crippen LogP) is 0.950. The summed E-state index contributed by atoms with van der Waals surface area (Å²) in [5, 5.41) is 10.0. The first kappa shape index (κ1) is 18.1. The summed E-state index contributed by atoms with van der Waals surface area (Å²) in [6.07, 6.45) is 0. The number of phenolic OH excluding ortho intramolecular Hbond substituents is 1. The van der Waals surface area contributed by atoms with Crippen LogP contribution in [0.5, 0.6) is 17.2 Å². The lowest BCUT2D eigenvalue weighted by Gasteiger charge is -2.32. The normalized spacial score (nSPS) is 14.9. The summed E-state index contributed by atoms with van der Waals surface area (Å²) in [4.78, 5) is 15.8. The van der Waals surface area contributed by atoms with Gasteiger partial charge in [-0.05, 0) is 24.3 Å². The van der Waals surface area contributed by atoms with Gasteiger partial charge in [0.15, 0.2) is 11.5 Å². The monoisotopic (exact) mass is 357 g/mol. The molecule has 1 aliphatic heterocycles. The van der Waals surface area contributed by atoms with Gasteiger partial charge in [-0.15, -0.1) is 0 Å². The Labute approximate surface area is 153 Å². The van der Waals surface area contributed by atoms with Crippen LogP contribution in [0.25, 0.3) is 0 Å². The molecule has 26 heavy (non-hydrogen) atoms. The van der Waals surface area contributed by atoms with Crippen molar-refractivity contribution >= 4 is 5.91 Å². The summed E-state index contributed by atoms with van der Waals surface area (Å²) < 4.78 is 10.4. The molecule has 1 heterocycles. The minimum Gasteiger partial charge on any atom is -0.502 e. The number of carbonyl (C=O) groups is 1. The maximum atomic E-state index is 12.5. The number of ether oxygens (including phenoxy) is 2. The lowest BCUT2D eigenvalue weighted by molar-refractivity contribution is -0.917. The maximum absolute atomic E-state index is 12.5. The zero-order valence-corrected chi connectivity index (χ0v) is 15.2. The van der Waals surface area contributed by atoms with Gasteiger partial charge in [-0.25, -0.2) is 0 Å². The molecule has 0 atom stereocenters. The van der Waals surface area contributed by atoms with Gasteiger partial charge in [0.05, 0.1) is 40.4 Å². The van der Waals surface area contributed by atoms with Gasteiger partial charge in [0.1, 0.15) is 6.54 Å². The second-order valence-electron chi connectivity index (χ2n) is 6.43. The van der Waals surface area contributed by atoms with Crippen LogP contribution in [0.4, 0.5) is 0 Å². The van der Waals surface area contributed by atoms with E-state index in [-0.39, 0.29) is 11.7 Å². The summed E-state index contributed by atoms with van der Waals surface area (Å²) in [6, 6.07) is 13.1. The fraction of sp³-hybridized carbons (Fsp3) is 0.350. The van der Waals surface area contributed by atoms with Crippen molar-refractivity contribution in [1.29, 1.82) is 0 Å². The van der Waals surface area contributed by atoms with E-state index in [2.05, 4.69) is 0 Å². The van der Waals surface area contributed by atoms with Crippen LogP contribution in [0.3, 0.4) is 0 Å². The van der Waals surface area contributed by atoms with E-state index >= 15 is 0 Å². The largest absolute Gasteiger partial charge is 0.502 e. The summed E-state index contributed by atoms with van der Waals surface area (Å²) in [7, 11) is 3.05. The van der Waals surface area contributed by atoms with Crippen LogP contribution in [0, 0.1) is 0 Å². The molecule has 2 aromatic rings. The van der Waals surface area contributed by atoms with Crippen molar-refractivity contribution in [2.75, 3.05) is 40.4 Å². The molecular weight excluding hydrogens is 332 g/mol. The Morgan fingerprint density at radius 3 is 2.19 bits per heavy atom. The van der Waals surface area contributed by atoms with Crippen molar-refractivity contribution in [3.05, 3.63) is 53.6 Å². The number of carbonyl (C=O) groups excluding carboxylic acids is 1. The number of nitrogens with zero attached hydrogens (tertiary/aromatic N) is 1. The van der Waals surface area contributed by atoms with E-state index in [1.54, 1.807) is 0 Å². The number of phenols is 1. The Morgan fingerprint density at radius 2 is 1.65 bits per heavy atom. The van der Waals surface area contributed by atoms with Gasteiger partial charge in [0.25, 0.3) is 5.91 Å². The van der Waals surface area contributed by atoms with Crippen molar-refractivity contribution in [3.63, 3.8) is 0 Å². The number of nitrogens with one attached hydrogen (secondary N) is 1. The molecule has 2 N–H and O–H groups in total. The van der Waals surface area contributed by atoms with Crippen LogP contribution in [0.1, 0.15) is 15.9 Å². The Kier molecular flexibility index (Phi) is 5.63. The molecule has 1 aliphatic rings. The molecule has 0 unspecified atom stereocenters. The van der Waals surface area contributed by atoms with Gasteiger partial charge in [0, 0.05) is 11.1 Å². The van der Waals surface area contributed by atoms with E-state index in [9.17, 15) is 9.90 Å². The minimum absolute atomic E-state index is 0.0204. The highest BCUT2D eigenvalue weighted by atomic mass is 16.5. The van der Waals surface area contributed by atoms with Crippen LogP contribution >= 0.6 is 0 Å². The number of methoxy groups -OCH3 is 2. The topological polar surface area (TPSA) is 63.4 Å². The molecule has 0 spiro atoms. The van der Waals surface area contributed by atoms with E-state index in [0.717, 1.165) is 43.9 Å². The summed E-state index contributed by atoms with van der Waals surface area (Å²) in [5.74, 6) is 0.943. The molecular formula is C20H25N2O4+. The Hall–Kier alpha value is -2.73. The number of hydrogen-bond donors (Lipinski definition) is 2. The average molecular weight is 357 g/mol. The lowest BCUT2D eigenvalue weighted by atomic mass is 10.1. The number of piperazine rings is 1. The van der Waals surface area contributed by atoms with Gasteiger partial charge in [0.2, 0.25) is 5.75 Å². The second-order valence-corrected chi connectivity index (χ2v) is 6.43. The molecule has 1 fully saturated rings. The summed E-state index contributed by atoms with van der Waals surface area (Å²) >= 11 is 0. The van der Waals surface area contributed by atoms with Crippen LogP contribution in [-0.4, -0.2) is 56.3 Å². The Morgan fingerprint density at radius 1 is 1.08 bits per heavy atom. The number of hydrogen-bond acceptors (Lipinski definition) is 4. The van der Waals surface area contributed by atoms with Crippen molar-refractivity contribution in [2.24, 2.45) is 0 Å². The first-order chi connectivity index (χ1) is 12.6. The number of benzene rings is 2. The van der Waals surface area contributed by atoms with Crippen LogP contribution in [0.15, 0.2) is 42.5 Å². The first-order valence-electron chi connectivity index (χ1n) is 8.74. The van der Waals surface area contributed by atoms with Gasteiger partial charge in [-0.1, -0.05) is 18.2 Å². The van der Waals surface area contributed by atoms with E-state index in [4.69, 9.17) is 9.47 Å². The van der Waals surface area contributed by atoms with Crippen molar-refractivity contribution < 1.29 is 24.3 Å². The molecule has 138 valence electrons. The molecule has 0 aliphatic carbocycles.